The molecular formula is C17H13F3N4O2. The van der Waals surface area contributed by atoms with Gasteiger partial charge in [-0.05, 0) is 30.7 Å². The second-order valence-corrected chi connectivity index (χ2v) is 5.88. The highest BCUT2D eigenvalue weighted by Gasteiger charge is 2.43. The zero-order valence-electron chi connectivity index (χ0n) is 13.2. The van der Waals surface area contributed by atoms with Crippen LogP contribution in [0.2, 0.25) is 0 Å². The number of carbonyl (C=O) groups is 1. The minimum Gasteiger partial charge on any atom is -0.416 e. The fourth-order valence-electron chi connectivity index (χ4n) is 2.73. The molecule has 9 heteroatoms. The van der Waals surface area contributed by atoms with Crippen molar-refractivity contribution in [1.29, 1.82) is 0 Å². The van der Waals surface area contributed by atoms with Crippen LogP contribution in [0.4, 0.5) is 19.0 Å². The van der Waals surface area contributed by atoms with Gasteiger partial charge in [-0.1, -0.05) is 0 Å². The van der Waals surface area contributed by atoms with Crippen LogP contribution in [0.3, 0.4) is 0 Å². The van der Waals surface area contributed by atoms with E-state index in [1.54, 1.807) is 30.5 Å². The van der Waals surface area contributed by atoms with Crippen molar-refractivity contribution in [3.8, 4) is 17.0 Å². The van der Waals surface area contributed by atoms with Crippen LogP contribution >= 0.6 is 0 Å². The molecular weight excluding hydrogens is 349 g/mol. The van der Waals surface area contributed by atoms with Crippen molar-refractivity contribution >= 4 is 22.8 Å². The van der Waals surface area contributed by atoms with E-state index in [-0.39, 0.29) is 18.1 Å². The number of halogens is 3. The zero-order chi connectivity index (χ0) is 18.3. The Morgan fingerprint density at radius 1 is 1.31 bits per heavy atom. The van der Waals surface area contributed by atoms with Crippen molar-refractivity contribution in [3.05, 3.63) is 36.7 Å². The number of pyridine rings is 2. The van der Waals surface area contributed by atoms with Gasteiger partial charge < -0.3 is 15.0 Å². The second-order valence-electron chi connectivity index (χ2n) is 5.88. The molecule has 0 aromatic carbocycles. The highest BCUT2D eigenvalue weighted by molar-refractivity contribution is 5.98. The van der Waals surface area contributed by atoms with E-state index in [1.165, 1.54) is 6.20 Å². The highest BCUT2D eigenvalue weighted by atomic mass is 19.3. The Kier molecular flexibility index (Phi) is 3.98. The first kappa shape index (κ1) is 16.4. The number of amides is 1. The molecule has 6 nitrogen and oxygen atoms in total. The lowest BCUT2D eigenvalue weighted by Crippen LogP contribution is -2.15. The van der Waals surface area contributed by atoms with E-state index in [0.29, 0.717) is 22.2 Å². The summed E-state index contributed by atoms with van der Waals surface area (Å²) in [5, 5.41) is 3.21. The number of nitrogens with one attached hydrogen (secondary N) is 2. The number of hydrogen-bond acceptors (Lipinski definition) is 4. The molecule has 0 saturated heterocycles. The maximum atomic E-state index is 12.9. The third kappa shape index (κ3) is 3.07. The van der Waals surface area contributed by atoms with Gasteiger partial charge in [-0.3, -0.25) is 4.79 Å². The normalized spacial score (nSPS) is 18.9. The Morgan fingerprint density at radius 2 is 2.12 bits per heavy atom. The number of rotatable bonds is 5. The van der Waals surface area contributed by atoms with E-state index in [4.69, 9.17) is 0 Å². The molecule has 3 aromatic heterocycles. The molecule has 2 atom stereocenters. The predicted molar refractivity (Wildman–Crippen MR) is 87.6 cm³/mol. The Morgan fingerprint density at radius 3 is 2.85 bits per heavy atom. The standard InChI is InChI=1S/C17H13F3N4O2/c18-12-6-10(12)15(25)24-13-4-3-8-11(7-22-14(8)23-13)9-2-1-5-21-16(9)26-17(19)20/h1-5,7,10,12,17H,6H2,(H2,22,23,24,25). The minimum absolute atomic E-state index is 0.191. The molecule has 0 radical (unpaired) electrons. The number of anilines is 1. The first-order chi connectivity index (χ1) is 12.5. The van der Waals surface area contributed by atoms with Gasteiger partial charge in [0.1, 0.15) is 17.6 Å². The van der Waals surface area contributed by atoms with Crippen LogP contribution in [0.15, 0.2) is 36.7 Å². The number of aromatic amines is 1. The van der Waals surface area contributed by atoms with Gasteiger partial charge in [-0.2, -0.15) is 8.78 Å². The Hall–Kier alpha value is -3.10. The van der Waals surface area contributed by atoms with E-state index in [9.17, 15) is 18.0 Å². The maximum absolute atomic E-state index is 12.9. The Labute approximate surface area is 145 Å². The Bertz CT molecular complexity index is 976. The van der Waals surface area contributed by atoms with Crippen LogP contribution in [0, 0.1) is 5.92 Å². The molecule has 3 aromatic rings. The lowest BCUT2D eigenvalue weighted by atomic mass is 10.1. The molecule has 1 saturated carbocycles. The van der Waals surface area contributed by atoms with Gasteiger partial charge in [0.25, 0.3) is 0 Å². The smallest absolute Gasteiger partial charge is 0.388 e. The van der Waals surface area contributed by atoms with Gasteiger partial charge in [-0.15, -0.1) is 0 Å². The summed E-state index contributed by atoms with van der Waals surface area (Å²) in [6.07, 6.45) is 2.10. The van der Waals surface area contributed by atoms with Crippen molar-refractivity contribution in [2.75, 3.05) is 5.32 Å². The SMILES string of the molecule is O=C(Nc1ccc2c(-c3cccnc3OC(F)F)c[nH]c2n1)C1CC1F. The zero-order valence-corrected chi connectivity index (χ0v) is 13.2. The molecule has 4 rings (SSSR count). The molecule has 2 N–H and O–H groups in total. The van der Waals surface area contributed by atoms with Crippen LogP contribution in [-0.2, 0) is 4.79 Å². The maximum Gasteiger partial charge on any atom is 0.388 e. The van der Waals surface area contributed by atoms with E-state index >= 15 is 0 Å². The van der Waals surface area contributed by atoms with Crippen LogP contribution in [0.1, 0.15) is 6.42 Å². The number of ether oxygens (including phenoxy) is 1. The van der Waals surface area contributed by atoms with Crippen molar-refractivity contribution < 1.29 is 22.7 Å². The second kappa shape index (κ2) is 6.32. The molecule has 0 spiro atoms. The number of hydrogen-bond donors (Lipinski definition) is 2. The first-order valence-electron chi connectivity index (χ1n) is 7.86. The molecule has 2 unspecified atom stereocenters. The highest BCUT2D eigenvalue weighted by Crippen LogP contribution is 2.36. The average Bonchev–Trinajstić information content (AvgIpc) is 3.20. The molecule has 26 heavy (non-hydrogen) atoms. The van der Waals surface area contributed by atoms with Crippen molar-refractivity contribution in [2.45, 2.75) is 19.2 Å². The predicted octanol–water partition coefficient (Wildman–Crippen LogP) is 3.52. The summed E-state index contributed by atoms with van der Waals surface area (Å²) in [6, 6.07) is 6.47. The van der Waals surface area contributed by atoms with E-state index in [0.717, 1.165) is 0 Å². The largest absolute Gasteiger partial charge is 0.416 e. The third-order valence-electron chi connectivity index (χ3n) is 4.10. The van der Waals surface area contributed by atoms with E-state index in [1.807, 2.05) is 0 Å². The molecule has 1 aliphatic carbocycles. The molecule has 3 heterocycles. The fourth-order valence-corrected chi connectivity index (χ4v) is 2.73. The number of carbonyl (C=O) groups excluding carboxylic acids is 1. The van der Waals surface area contributed by atoms with Crippen molar-refractivity contribution in [1.82, 2.24) is 15.0 Å². The van der Waals surface area contributed by atoms with Crippen LogP contribution < -0.4 is 10.1 Å². The molecule has 1 amide bonds. The topological polar surface area (TPSA) is 79.9 Å². The van der Waals surface area contributed by atoms with Crippen molar-refractivity contribution in [3.63, 3.8) is 0 Å². The summed E-state index contributed by atoms with van der Waals surface area (Å²) in [4.78, 5) is 22.8. The molecule has 1 aliphatic rings. The first-order valence-corrected chi connectivity index (χ1v) is 7.86. The summed E-state index contributed by atoms with van der Waals surface area (Å²) in [6.45, 7) is -2.99. The lowest BCUT2D eigenvalue weighted by molar-refractivity contribution is -0.117. The molecule has 1 fully saturated rings. The van der Waals surface area contributed by atoms with Gasteiger partial charge in [-0.25, -0.2) is 14.4 Å². The summed E-state index contributed by atoms with van der Waals surface area (Å²) in [5.41, 5.74) is 1.41. The average molecular weight is 362 g/mol. The number of nitrogens with zero attached hydrogens (tertiary/aromatic N) is 2. The third-order valence-corrected chi connectivity index (χ3v) is 4.10. The number of alkyl halides is 3. The molecule has 0 bridgehead atoms. The summed E-state index contributed by atoms with van der Waals surface area (Å²) < 4.78 is 42.6. The van der Waals surface area contributed by atoms with Crippen LogP contribution in [0.25, 0.3) is 22.2 Å². The van der Waals surface area contributed by atoms with Crippen LogP contribution in [-0.4, -0.2) is 33.6 Å². The summed E-state index contributed by atoms with van der Waals surface area (Å²) >= 11 is 0. The van der Waals surface area contributed by atoms with Gasteiger partial charge in [0.2, 0.25) is 11.8 Å². The number of H-pyrrole nitrogens is 1. The van der Waals surface area contributed by atoms with Gasteiger partial charge in [0.15, 0.2) is 0 Å². The number of aromatic nitrogens is 3. The number of fused-ring (bicyclic) bond motifs is 1. The lowest BCUT2D eigenvalue weighted by Gasteiger charge is -2.08. The van der Waals surface area contributed by atoms with E-state index < -0.39 is 24.6 Å². The Balaban J connectivity index is 1.65. The van der Waals surface area contributed by atoms with Crippen molar-refractivity contribution in [2.24, 2.45) is 5.92 Å². The molecule has 134 valence electrons. The summed E-state index contributed by atoms with van der Waals surface area (Å²) in [5.74, 6) is -0.930. The van der Waals surface area contributed by atoms with Gasteiger partial charge >= 0.3 is 6.61 Å². The van der Waals surface area contributed by atoms with E-state index in [2.05, 4.69) is 25.0 Å². The minimum atomic E-state index is -2.99. The molecule has 0 aliphatic heterocycles. The monoisotopic (exact) mass is 362 g/mol. The van der Waals surface area contributed by atoms with Gasteiger partial charge in [0.05, 0.1) is 5.92 Å². The summed E-state index contributed by atoms with van der Waals surface area (Å²) in [7, 11) is 0. The van der Waals surface area contributed by atoms with Gasteiger partial charge in [0, 0.05) is 28.9 Å². The quantitative estimate of drug-likeness (QED) is 0.728. The fraction of sp³-hybridized carbons (Fsp3) is 0.235. The van der Waals surface area contributed by atoms with Crippen LogP contribution in [0.5, 0.6) is 5.88 Å².